The van der Waals surface area contributed by atoms with Crippen molar-refractivity contribution >= 4 is 21.8 Å². The van der Waals surface area contributed by atoms with E-state index in [-0.39, 0.29) is 11.9 Å². The second-order valence-corrected chi connectivity index (χ2v) is 4.45. The number of carbonyl (C=O) groups is 1. The lowest BCUT2D eigenvalue weighted by atomic mass is 10.2. The fraction of sp³-hybridized carbons (Fsp3) is 0.417. The lowest BCUT2D eigenvalue weighted by Gasteiger charge is -2.12. The van der Waals surface area contributed by atoms with E-state index in [0.29, 0.717) is 17.9 Å². The van der Waals surface area contributed by atoms with Crippen LogP contribution in [0.2, 0.25) is 0 Å². The Bertz CT molecular complexity index is 353. The maximum absolute atomic E-state index is 11.8. The fourth-order valence-electron chi connectivity index (χ4n) is 1.27. The molecule has 0 aliphatic heterocycles. The van der Waals surface area contributed by atoms with E-state index >= 15 is 0 Å². The van der Waals surface area contributed by atoms with E-state index in [1.807, 2.05) is 26.0 Å². The van der Waals surface area contributed by atoms with Crippen molar-refractivity contribution in [2.24, 2.45) is 0 Å². The van der Waals surface area contributed by atoms with E-state index in [2.05, 4.69) is 21.2 Å². The highest BCUT2D eigenvalue weighted by Crippen LogP contribution is 2.17. The second-order valence-electron chi connectivity index (χ2n) is 3.66. The number of halogens is 1. The summed E-state index contributed by atoms with van der Waals surface area (Å²) >= 11 is 3.28. The standard InChI is InChI=1S/C12H16BrNO2/c1-9(2)14-12(15)10-5-3-4-6-11(10)16-8-7-13/h3-6,9H,7-8H2,1-2H3,(H,14,15). The van der Waals surface area contributed by atoms with Crippen LogP contribution in [-0.4, -0.2) is 23.9 Å². The van der Waals surface area contributed by atoms with Gasteiger partial charge in [-0.1, -0.05) is 28.1 Å². The van der Waals surface area contributed by atoms with Crippen molar-refractivity contribution in [2.45, 2.75) is 19.9 Å². The summed E-state index contributed by atoms with van der Waals surface area (Å²) in [4.78, 5) is 11.8. The molecule has 0 saturated heterocycles. The second kappa shape index (κ2) is 6.53. The lowest BCUT2D eigenvalue weighted by Crippen LogP contribution is -2.30. The molecule has 0 aliphatic carbocycles. The number of benzene rings is 1. The van der Waals surface area contributed by atoms with E-state index in [1.165, 1.54) is 0 Å². The van der Waals surface area contributed by atoms with Crippen LogP contribution in [0.1, 0.15) is 24.2 Å². The predicted octanol–water partition coefficient (Wildman–Crippen LogP) is 2.60. The highest BCUT2D eigenvalue weighted by Gasteiger charge is 2.12. The molecule has 0 atom stereocenters. The Balaban J connectivity index is 2.81. The number of ether oxygens (including phenoxy) is 1. The van der Waals surface area contributed by atoms with Crippen molar-refractivity contribution in [1.29, 1.82) is 0 Å². The first kappa shape index (κ1) is 13.0. The van der Waals surface area contributed by atoms with Crippen LogP contribution in [0.15, 0.2) is 24.3 Å². The van der Waals surface area contributed by atoms with Gasteiger partial charge in [-0.2, -0.15) is 0 Å². The molecule has 88 valence electrons. The summed E-state index contributed by atoms with van der Waals surface area (Å²) < 4.78 is 5.48. The zero-order valence-electron chi connectivity index (χ0n) is 9.50. The number of nitrogens with one attached hydrogen (secondary N) is 1. The minimum absolute atomic E-state index is 0.0971. The van der Waals surface area contributed by atoms with Crippen LogP contribution >= 0.6 is 15.9 Å². The van der Waals surface area contributed by atoms with Gasteiger partial charge in [0.05, 0.1) is 12.2 Å². The van der Waals surface area contributed by atoms with Crippen LogP contribution in [0.5, 0.6) is 5.75 Å². The first-order chi connectivity index (χ1) is 7.65. The number of hydrogen-bond acceptors (Lipinski definition) is 2. The van der Waals surface area contributed by atoms with Gasteiger partial charge in [0.1, 0.15) is 5.75 Å². The maximum atomic E-state index is 11.8. The van der Waals surface area contributed by atoms with Gasteiger partial charge in [0.25, 0.3) is 5.91 Å². The Morgan fingerprint density at radius 1 is 1.44 bits per heavy atom. The molecule has 0 heterocycles. The first-order valence-electron chi connectivity index (χ1n) is 5.23. The molecule has 1 aromatic rings. The number of rotatable bonds is 5. The predicted molar refractivity (Wildman–Crippen MR) is 68.3 cm³/mol. The average Bonchev–Trinajstić information content (AvgIpc) is 2.25. The minimum atomic E-state index is -0.0971. The minimum Gasteiger partial charge on any atom is -0.492 e. The van der Waals surface area contributed by atoms with Gasteiger partial charge in [-0.15, -0.1) is 0 Å². The topological polar surface area (TPSA) is 38.3 Å². The number of para-hydroxylation sites is 1. The van der Waals surface area contributed by atoms with E-state index in [9.17, 15) is 4.79 Å². The molecular weight excluding hydrogens is 270 g/mol. The van der Waals surface area contributed by atoms with E-state index in [1.54, 1.807) is 12.1 Å². The number of carbonyl (C=O) groups excluding carboxylic acids is 1. The Morgan fingerprint density at radius 3 is 2.75 bits per heavy atom. The van der Waals surface area contributed by atoms with Gasteiger partial charge < -0.3 is 10.1 Å². The van der Waals surface area contributed by atoms with Gasteiger partial charge in [0.15, 0.2) is 0 Å². The Hall–Kier alpha value is -1.03. The summed E-state index contributed by atoms with van der Waals surface area (Å²) in [5, 5.41) is 3.59. The largest absolute Gasteiger partial charge is 0.492 e. The van der Waals surface area contributed by atoms with Crippen LogP contribution in [0.25, 0.3) is 0 Å². The van der Waals surface area contributed by atoms with Crippen LogP contribution in [0.3, 0.4) is 0 Å². The van der Waals surface area contributed by atoms with Gasteiger partial charge in [-0.3, -0.25) is 4.79 Å². The summed E-state index contributed by atoms with van der Waals surface area (Å²) in [6, 6.07) is 7.38. The molecule has 0 saturated carbocycles. The third kappa shape index (κ3) is 3.85. The molecule has 3 nitrogen and oxygen atoms in total. The molecule has 0 fully saturated rings. The summed E-state index contributed by atoms with van der Waals surface area (Å²) in [5.41, 5.74) is 0.581. The van der Waals surface area contributed by atoms with Gasteiger partial charge in [-0.25, -0.2) is 0 Å². The molecule has 1 N–H and O–H groups in total. The number of amides is 1. The van der Waals surface area contributed by atoms with E-state index < -0.39 is 0 Å². The summed E-state index contributed by atoms with van der Waals surface area (Å²) in [5.74, 6) is 0.528. The summed E-state index contributed by atoms with van der Waals surface area (Å²) in [7, 11) is 0. The summed E-state index contributed by atoms with van der Waals surface area (Å²) in [6.07, 6.45) is 0. The van der Waals surface area contributed by atoms with Crippen molar-refractivity contribution < 1.29 is 9.53 Å². The molecule has 0 radical (unpaired) electrons. The smallest absolute Gasteiger partial charge is 0.255 e. The normalized spacial score (nSPS) is 10.2. The van der Waals surface area contributed by atoms with Gasteiger partial charge in [-0.05, 0) is 26.0 Å². The quantitative estimate of drug-likeness (QED) is 0.845. The zero-order chi connectivity index (χ0) is 12.0. The maximum Gasteiger partial charge on any atom is 0.255 e. The molecule has 0 aromatic heterocycles. The monoisotopic (exact) mass is 285 g/mol. The Labute approximate surface area is 104 Å². The molecular formula is C12H16BrNO2. The highest BCUT2D eigenvalue weighted by molar-refractivity contribution is 9.09. The van der Waals surface area contributed by atoms with Crippen molar-refractivity contribution in [3.8, 4) is 5.75 Å². The third-order valence-electron chi connectivity index (χ3n) is 1.89. The van der Waals surface area contributed by atoms with E-state index in [4.69, 9.17) is 4.74 Å². The highest BCUT2D eigenvalue weighted by atomic mass is 79.9. The molecule has 4 heteroatoms. The molecule has 0 unspecified atom stereocenters. The molecule has 0 spiro atoms. The molecule has 16 heavy (non-hydrogen) atoms. The zero-order valence-corrected chi connectivity index (χ0v) is 11.1. The van der Waals surface area contributed by atoms with Crippen molar-refractivity contribution in [1.82, 2.24) is 5.32 Å². The van der Waals surface area contributed by atoms with Crippen LogP contribution in [-0.2, 0) is 0 Å². The van der Waals surface area contributed by atoms with Crippen LogP contribution in [0.4, 0.5) is 0 Å². The van der Waals surface area contributed by atoms with E-state index in [0.717, 1.165) is 5.33 Å². The van der Waals surface area contributed by atoms with Gasteiger partial charge >= 0.3 is 0 Å². The van der Waals surface area contributed by atoms with Crippen molar-refractivity contribution in [2.75, 3.05) is 11.9 Å². The third-order valence-corrected chi connectivity index (χ3v) is 2.21. The fourth-order valence-corrected chi connectivity index (χ4v) is 1.43. The Morgan fingerprint density at radius 2 is 2.12 bits per heavy atom. The molecule has 1 amide bonds. The Kier molecular flexibility index (Phi) is 5.32. The molecule has 1 rings (SSSR count). The summed E-state index contributed by atoms with van der Waals surface area (Å²) in [6.45, 7) is 4.41. The molecule has 0 aliphatic rings. The average molecular weight is 286 g/mol. The van der Waals surface area contributed by atoms with Crippen molar-refractivity contribution in [3.63, 3.8) is 0 Å². The SMILES string of the molecule is CC(C)NC(=O)c1ccccc1OCCBr. The number of hydrogen-bond donors (Lipinski definition) is 1. The van der Waals surface area contributed by atoms with Crippen LogP contribution < -0.4 is 10.1 Å². The van der Waals surface area contributed by atoms with Crippen LogP contribution in [0, 0.1) is 0 Å². The number of alkyl halides is 1. The molecule has 0 bridgehead atoms. The first-order valence-corrected chi connectivity index (χ1v) is 6.36. The van der Waals surface area contributed by atoms with Gasteiger partial charge in [0.2, 0.25) is 0 Å². The van der Waals surface area contributed by atoms with Crippen molar-refractivity contribution in [3.05, 3.63) is 29.8 Å². The molecule has 1 aromatic carbocycles. The lowest BCUT2D eigenvalue weighted by molar-refractivity contribution is 0.0939. The van der Waals surface area contributed by atoms with Gasteiger partial charge in [0, 0.05) is 11.4 Å².